The zero-order valence-electron chi connectivity index (χ0n) is 9.80. The quantitative estimate of drug-likeness (QED) is 0.654. The van der Waals surface area contributed by atoms with Crippen molar-refractivity contribution < 1.29 is 19.1 Å². The van der Waals surface area contributed by atoms with Crippen LogP contribution < -0.4 is 4.72 Å². The van der Waals surface area contributed by atoms with Crippen LogP contribution in [0.15, 0.2) is 39.7 Å². The first-order valence-corrected chi connectivity index (χ1v) is 7.01. The molecule has 0 saturated carbocycles. The Morgan fingerprint density at radius 3 is 3.05 bits per heavy atom. The van der Waals surface area contributed by atoms with E-state index in [1.807, 2.05) is 12.1 Å². The third-order valence-electron chi connectivity index (χ3n) is 2.39. The smallest absolute Gasteiger partial charge is 0.309 e. The van der Waals surface area contributed by atoms with Crippen LogP contribution in [0.5, 0.6) is 0 Å². The summed E-state index contributed by atoms with van der Waals surface area (Å²) < 4.78 is 13.0. The first-order chi connectivity index (χ1) is 9.15. The maximum atomic E-state index is 10.9. The first-order valence-electron chi connectivity index (χ1n) is 5.37. The molecule has 3 heterocycles. The van der Waals surface area contributed by atoms with E-state index in [2.05, 4.69) is 4.72 Å². The van der Waals surface area contributed by atoms with Crippen LogP contribution in [0.25, 0.3) is 16.4 Å². The number of rotatable bonds is 2. The van der Waals surface area contributed by atoms with E-state index in [-0.39, 0.29) is 11.6 Å². The Kier molecular flexibility index (Phi) is 3.00. The molecule has 0 amide bonds. The summed E-state index contributed by atoms with van der Waals surface area (Å²) >= 11 is 2.66. The molecule has 19 heavy (non-hydrogen) atoms. The van der Waals surface area contributed by atoms with E-state index in [4.69, 9.17) is 9.15 Å². The fourth-order valence-corrected chi connectivity index (χ4v) is 3.62. The van der Waals surface area contributed by atoms with E-state index in [9.17, 15) is 9.90 Å². The molecule has 1 aliphatic heterocycles. The zero-order valence-corrected chi connectivity index (χ0v) is 11.4. The highest BCUT2D eigenvalue weighted by atomic mass is 32.2. The van der Waals surface area contributed by atoms with Crippen LogP contribution in [0.1, 0.15) is 11.8 Å². The first kappa shape index (κ1) is 12.2. The van der Waals surface area contributed by atoms with Crippen LogP contribution in [0.4, 0.5) is 0 Å². The molecule has 0 aliphatic carbocycles. The number of carbonyl (C=O) groups is 1. The maximum absolute atomic E-state index is 10.9. The van der Waals surface area contributed by atoms with Gasteiger partial charge >= 0.3 is 5.97 Å². The molecule has 2 aromatic rings. The minimum Gasteiger partial charge on any atom is -0.502 e. The zero-order chi connectivity index (χ0) is 13.4. The number of hydrogen-bond donors (Lipinski definition) is 2. The van der Waals surface area contributed by atoms with Crippen LogP contribution in [-0.2, 0) is 9.53 Å². The Balaban J connectivity index is 2.00. The molecule has 0 atom stereocenters. The van der Waals surface area contributed by atoms with Crippen molar-refractivity contribution in [2.24, 2.45) is 0 Å². The lowest BCUT2D eigenvalue weighted by Gasteiger charge is -2.15. The standard InChI is InChI=1S/C12H9NO4S2/c1-6(14)17-12-10(15)11-9(19-13-12)5-8(18-11)7-3-2-4-16-7/h2-5,13,15H,1H3. The van der Waals surface area contributed by atoms with Crippen molar-refractivity contribution in [3.05, 3.63) is 35.2 Å². The Hall–Kier alpha value is -1.86. The van der Waals surface area contributed by atoms with Crippen LogP contribution in [0.3, 0.4) is 0 Å². The molecule has 0 saturated heterocycles. The van der Waals surface area contributed by atoms with Gasteiger partial charge in [-0.15, -0.1) is 11.3 Å². The van der Waals surface area contributed by atoms with Gasteiger partial charge in [-0.2, -0.15) is 0 Å². The lowest BCUT2D eigenvalue weighted by molar-refractivity contribution is -0.137. The molecule has 0 fully saturated rings. The molecule has 7 heteroatoms. The van der Waals surface area contributed by atoms with Crippen LogP contribution in [0, 0.1) is 0 Å². The Labute approximate surface area is 117 Å². The predicted octanol–water partition coefficient (Wildman–Crippen LogP) is 3.37. The Morgan fingerprint density at radius 2 is 2.37 bits per heavy atom. The number of fused-ring (bicyclic) bond motifs is 1. The van der Waals surface area contributed by atoms with E-state index in [0.717, 1.165) is 15.5 Å². The minimum absolute atomic E-state index is 0.0632. The number of esters is 1. The third kappa shape index (κ3) is 2.22. The van der Waals surface area contributed by atoms with Crippen LogP contribution in [0.2, 0.25) is 0 Å². The third-order valence-corrected chi connectivity index (χ3v) is 4.51. The van der Waals surface area contributed by atoms with Crippen molar-refractivity contribution in [2.45, 2.75) is 11.8 Å². The summed E-state index contributed by atoms with van der Waals surface area (Å²) in [4.78, 5) is 13.4. The fourth-order valence-electron chi connectivity index (χ4n) is 1.62. The van der Waals surface area contributed by atoms with Gasteiger partial charge in [0.25, 0.3) is 5.88 Å². The number of furan rings is 1. The molecule has 3 rings (SSSR count). The van der Waals surface area contributed by atoms with Crippen LogP contribution in [-0.4, -0.2) is 11.1 Å². The van der Waals surface area contributed by atoms with E-state index >= 15 is 0 Å². The number of ether oxygens (including phenoxy) is 1. The average molecular weight is 295 g/mol. The summed E-state index contributed by atoms with van der Waals surface area (Å²) in [7, 11) is 0. The van der Waals surface area contributed by atoms with Crippen molar-refractivity contribution in [1.82, 2.24) is 4.72 Å². The van der Waals surface area contributed by atoms with E-state index in [1.165, 1.54) is 30.2 Å². The molecule has 5 nitrogen and oxygen atoms in total. The van der Waals surface area contributed by atoms with Gasteiger partial charge in [0, 0.05) is 6.92 Å². The van der Waals surface area contributed by atoms with Crippen LogP contribution >= 0.6 is 23.3 Å². The van der Waals surface area contributed by atoms with Gasteiger partial charge in [-0.1, -0.05) is 0 Å². The molecule has 98 valence electrons. The lowest BCUT2D eigenvalue weighted by Crippen LogP contribution is -2.16. The lowest BCUT2D eigenvalue weighted by atomic mass is 10.3. The van der Waals surface area contributed by atoms with Gasteiger partial charge in [0.1, 0.15) is 5.76 Å². The van der Waals surface area contributed by atoms with E-state index in [1.54, 1.807) is 12.3 Å². The summed E-state index contributed by atoms with van der Waals surface area (Å²) in [6.07, 6.45) is 1.60. The van der Waals surface area contributed by atoms with Gasteiger partial charge in [-0.05, 0) is 30.1 Å². The number of carbonyl (C=O) groups excluding carboxylic acids is 1. The van der Waals surface area contributed by atoms with Crippen molar-refractivity contribution >= 4 is 35.0 Å². The Bertz CT molecular complexity index is 657. The number of thiophene rings is 1. The largest absolute Gasteiger partial charge is 0.502 e. The summed E-state index contributed by atoms with van der Waals surface area (Å²) in [5.74, 6) is 0.257. The molecule has 0 bridgehead atoms. The second kappa shape index (κ2) is 4.67. The normalized spacial score (nSPS) is 13.9. The van der Waals surface area contributed by atoms with Gasteiger partial charge in [0.2, 0.25) is 0 Å². The highest BCUT2D eigenvalue weighted by Gasteiger charge is 2.25. The van der Waals surface area contributed by atoms with Crippen molar-refractivity contribution in [2.75, 3.05) is 0 Å². The SMILES string of the molecule is CC(=O)OC1=C(O)c2sc(-c3ccco3)cc2SN1. The molecule has 0 spiro atoms. The number of aliphatic hydroxyl groups excluding tert-OH is 1. The highest BCUT2D eigenvalue weighted by Crippen LogP contribution is 2.42. The van der Waals surface area contributed by atoms with Gasteiger partial charge in [0.05, 0.1) is 20.9 Å². The van der Waals surface area contributed by atoms with Gasteiger partial charge < -0.3 is 14.3 Å². The highest BCUT2D eigenvalue weighted by molar-refractivity contribution is 7.97. The molecule has 1 aliphatic rings. The molecular weight excluding hydrogens is 286 g/mol. The maximum Gasteiger partial charge on any atom is 0.309 e. The van der Waals surface area contributed by atoms with Crippen molar-refractivity contribution in [3.8, 4) is 10.6 Å². The van der Waals surface area contributed by atoms with Gasteiger partial charge in [-0.3, -0.25) is 9.52 Å². The van der Waals surface area contributed by atoms with Gasteiger partial charge in [0.15, 0.2) is 5.76 Å². The number of aliphatic hydroxyl groups is 1. The fraction of sp³-hybridized carbons (Fsp3) is 0.0833. The predicted molar refractivity (Wildman–Crippen MR) is 72.3 cm³/mol. The second-order valence-corrected chi connectivity index (χ2v) is 5.66. The minimum atomic E-state index is -0.485. The molecular formula is C12H9NO4S2. The summed E-state index contributed by atoms with van der Waals surface area (Å²) in [6, 6.07) is 5.57. The molecule has 0 aromatic carbocycles. The molecule has 2 N–H and O–H groups in total. The molecule has 0 radical (unpaired) electrons. The number of hydrogen-bond acceptors (Lipinski definition) is 7. The second-order valence-electron chi connectivity index (χ2n) is 3.76. The molecule has 0 unspecified atom stereocenters. The van der Waals surface area contributed by atoms with Gasteiger partial charge in [-0.25, -0.2) is 0 Å². The monoisotopic (exact) mass is 295 g/mol. The summed E-state index contributed by atoms with van der Waals surface area (Å²) in [5, 5.41) is 10.1. The van der Waals surface area contributed by atoms with Crippen molar-refractivity contribution in [1.29, 1.82) is 0 Å². The Morgan fingerprint density at radius 1 is 1.53 bits per heavy atom. The van der Waals surface area contributed by atoms with Crippen molar-refractivity contribution in [3.63, 3.8) is 0 Å². The summed E-state index contributed by atoms with van der Waals surface area (Å²) in [6.45, 7) is 1.28. The average Bonchev–Trinajstić information content (AvgIpc) is 3.00. The molecule has 2 aromatic heterocycles. The van der Waals surface area contributed by atoms with E-state index in [0.29, 0.717) is 4.88 Å². The summed E-state index contributed by atoms with van der Waals surface area (Å²) in [5.41, 5.74) is 0. The van der Waals surface area contributed by atoms with E-state index < -0.39 is 5.97 Å². The number of nitrogens with one attached hydrogen (secondary N) is 1. The topological polar surface area (TPSA) is 71.7 Å².